The highest BCUT2D eigenvalue weighted by atomic mass is 16.2. The first-order valence-corrected chi connectivity index (χ1v) is 7.60. The zero-order valence-electron chi connectivity index (χ0n) is 13.1. The zero-order valence-corrected chi connectivity index (χ0v) is 13.1. The predicted octanol–water partition coefficient (Wildman–Crippen LogP) is 2.61. The zero-order chi connectivity index (χ0) is 15.4. The van der Waals surface area contributed by atoms with Crippen molar-refractivity contribution < 1.29 is 9.59 Å². The number of nitrogens with zero attached hydrogens (tertiary/aromatic N) is 2. The number of carbonyl (C=O) groups excluding carboxylic acids is 2. The van der Waals surface area contributed by atoms with Crippen molar-refractivity contribution in [2.45, 2.75) is 33.6 Å². The number of anilines is 1. The van der Waals surface area contributed by atoms with Crippen LogP contribution in [0.5, 0.6) is 0 Å². The summed E-state index contributed by atoms with van der Waals surface area (Å²) < 4.78 is 0. The Morgan fingerprint density at radius 2 is 2.05 bits per heavy atom. The second-order valence-corrected chi connectivity index (χ2v) is 5.98. The van der Waals surface area contributed by atoms with Gasteiger partial charge in [0, 0.05) is 25.7 Å². The lowest BCUT2D eigenvalue weighted by Crippen LogP contribution is -2.46. The molecule has 0 bridgehead atoms. The molecule has 4 nitrogen and oxygen atoms in total. The van der Waals surface area contributed by atoms with Crippen LogP contribution in [0.3, 0.4) is 0 Å². The molecular weight excluding hydrogens is 264 g/mol. The Bertz CT molecular complexity index is 527. The normalized spacial score (nSPS) is 18.4. The van der Waals surface area contributed by atoms with Crippen LogP contribution in [0.15, 0.2) is 24.3 Å². The molecule has 0 aromatic heterocycles. The third-order valence-electron chi connectivity index (χ3n) is 4.09. The Balaban J connectivity index is 2.12. The number of benzene rings is 1. The summed E-state index contributed by atoms with van der Waals surface area (Å²) >= 11 is 0. The van der Waals surface area contributed by atoms with E-state index >= 15 is 0 Å². The molecule has 1 heterocycles. The Kier molecular flexibility index (Phi) is 4.99. The van der Waals surface area contributed by atoms with Crippen LogP contribution in [0.2, 0.25) is 0 Å². The molecule has 1 aromatic rings. The van der Waals surface area contributed by atoms with Crippen molar-refractivity contribution in [2.24, 2.45) is 5.92 Å². The summed E-state index contributed by atoms with van der Waals surface area (Å²) in [5.74, 6) is 0.495. The molecule has 0 aliphatic carbocycles. The number of amides is 2. The minimum Gasteiger partial charge on any atom is -0.341 e. The van der Waals surface area contributed by atoms with Gasteiger partial charge in [0.15, 0.2) is 0 Å². The molecule has 0 spiro atoms. The molecule has 0 saturated carbocycles. The molecule has 2 rings (SSSR count). The van der Waals surface area contributed by atoms with Crippen LogP contribution in [0.1, 0.15) is 32.3 Å². The van der Waals surface area contributed by atoms with E-state index in [-0.39, 0.29) is 18.4 Å². The fourth-order valence-electron chi connectivity index (χ4n) is 2.88. The number of hydrogen-bond donors (Lipinski definition) is 0. The third kappa shape index (κ3) is 3.84. The second-order valence-electron chi connectivity index (χ2n) is 5.98. The van der Waals surface area contributed by atoms with Crippen molar-refractivity contribution in [3.05, 3.63) is 29.8 Å². The molecule has 2 amide bonds. The van der Waals surface area contributed by atoms with Gasteiger partial charge in [0.05, 0.1) is 0 Å². The van der Waals surface area contributed by atoms with Crippen LogP contribution in [-0.4, -0.2) is 36.3 Å². The largest absolute Gasteiger partial charge is 0.341 e. The molecule has 1 unspecified atom stereocenters. The van der Waals surface area contributed by atoms with Crippen molar-refractivity contribution >= 4 is 17.5 Å². The number of carbonyl (C=O) groups is 2. The predicted molar refractivity (Wildman–Crippen MR) is 84.2 cm³/mol. The summed E-state index contributed by atoms with van der Waals surface area (Å²) in [5, 5.41) is 0. The van der Waals surface area contributed by atoms with Crippen molar-refractivity contribution in [1.82, 2.24) is 4.90 Å². The highest BCUT2D eigenvalue weighted by Gasteiger charge is 2.24. The number of hydrogen-bond acceptors (Lipinski definition) is 2. The van der Waals surface area contributed by atoms with Gasteiger partial charge >= 0.3 is 0 Å². The summed E-state index contributed by atoms with van der Waals surface area (Å²) in [6.45, 7) is 7.38. The molecule has 1 aliphatic heterocycles. The van der Waals surface area contributed by atoms with Gasteiger partial charge < -0.3 is 9.80 Å². The molecule has 1 atom stereocenters. The van der Waals surface area contributed by atoms with Crippen LogP contribution in [-0.2, 0) is 9.59 Å². The van der Waals surface area contributed by atoms with E-state index in [0.29, 0.717) is 5.92 Å². The monoisotopic (exact) mass is 288 g/mol. The van der Waals surface area contributed by atoms with Gasteiger partial charge in [-0.05, 0) is 37.3 Å². The first kappa shape index (κ1) is 15.5. The summed E-state index contributed by atoms with van der Waals surface area (Å²) in [7, 11) is 0. The van der Waals surface area contributed by atoms with Crippen LogP contribution in [0, 0.1) is 12.8 Å². The minimum absolute atomic E-state index is 0.0417. The van der Waals surface area contributed by atoms with E-state index in [0.717, 1.165) is 30.8 Å². The fourth-order valence-corrected chi connectivity index (χ4v) is 2.88. The minimum atomic E-state index is -0.0947. The van der Waals surface area contributed by atoms with Crippen molar-refractivity contribution in [2.75, 3.05) is 24.5 Å². The maximum Gasteiger partial charge on any atom is 0.242 e. The van der Waals surface area contributed by atoms with E-state index in [1.54, 1.807) is 4.90 Å². The quantitative estimate of drug-likeness (QED) is 0.858. The van der Waals surface area contributed by atoms with Gasteiger partial charge in [-0.2, -0.15) is 0 Å². The molecule has 1 fully saturated rings. The van der Waals surface area contributed by atoms with Gasteiger partial charge in [-0.15, -0.1) is 0 Å². The lowest BCUT2D eigenvalue weighted by Gasteiger charge is -2.33. The van der Waals surface area contributed by atoms with Gasteiger partial charge in [-0.3, -0.25) is 9.59 Å². The molecule has 4 heteroatoms. The Morgan fingerprint density at radius 1 is 1.33 bits per heavy atom. The first-order valence-electron chi connectivity index (χ1n) is 7.60. The SMILES string of the molecule is CC(=O)N(CC(=O)N1CCCC(C)C1)c1ccccc1C. The summed E-state index contributed by atoms with van der Waals surface area (Å²) in [5.41, 5.74) is 1.83. The van der Waals surface area contributed by atoms with Gasteiger partial charge in [-0.25, -0.2) is 0 Å². The smallest absolute Gasteiger partial charge is 0.242 e. The number of likely N-dealkylation sites (tertiary alicyclic amines) is 1. The Labute approximate surface area is 126 Å². The number of rotatable bonds is 3. The highest BCUT2D eigenvalue weighted by molar-refractivity contribution is 5.98. The lowest BCUT2D eigenvalue weighted by molar-refractivity contribution is -0.132. The van der Waals surface area contributed by atoms with Crippen molar-refractivity contribution in [3.8, 4) is 0 Å². The van der Waals surface area contributed by atoms with E-state index in [1.807, 2.05) is 36.1 Å². The Hall–Kier alpha value is -1.84. The fraction of sp³-hybridized carbons (Fsp3) is 0.529. The van der Waals surface area contributed by atoms with Crippen molar-refractivity contribution in [3.63, 3.8) is 0 Å². The third-order valence-corrected chi connectivity index (χ3v) is 4.09. The number of para-hydroxylation sites is 1. The van der Waals surface area contributed by atoms with E-state index in [9.17, 15) is 9.59 Å². The van der Waals surface area contributed by atoms with E-state index in [4.69, 9.17) is 0 Å². The maximum absolute atomic E-state index is 12.5. The maximum atomic E-state index is 12.5. The topological polar surface area (TPSA) is 40.6 Å². The average molecular weight is 288 g/mol. The first-order chi connectivity index (χ1) is 9.99. The number of piperidine rings is 1. The standard InChI is InChI=1S/C17H24N2O2/c1-13-7-6-10-18(11-13)17(21)12-19(15(3)20)16-9-5-4-8-14(16)2/h4-5,8-9,13H,6-7,10-12H2,1-3H3. The van der Waals surface area contributed by atoms with Crippen LogP contribution in [0.4, 0.5) is 5.69 Å². The van der Waals surface area contributed by atoms with Crippen LogP contribution < -0.4 is 4.90 Å². The molecule has 1 aliphatic rings. The van der Waals surface area contributed by atoms with Gasteiger partial charge in [0.2, 0.25) is 11.8 Å². The van der Waals surface area contributed by atoms with Gasteiger partial charge in [0.1, 0.15) is 6.54 Å². The molecular formula is C17H24N2O2. The van der Waals surface area contributed by atoms with E-state index in [2.05, 4.69) is 6.92 Å². The summed E-state index contributed by atoms with van der Waals surface area (Å²) in [6, 6.07) is 7.68. The molecule has 0 radical (unpaired) electrons. The van der Waals surface area contributed by atoms with Crippen LogP contribution >= 0.6 is 0 Å². The molecule has 21 heavy (non-hydrogen) atoms. The second kappa shape index (κ2) is 6.74. The summed E-state index contributed by atoms with van der Waals surface area (Å²) in [4.78, 5) is 27.9. The van der Waals surface area contributed by atoms with Crippen LogP contribution in [0.25, 0.3) is 0 Å². The number of aryl methyl sites for hydroxylation is 1. The average Bonchev–Trinajstić information content (AvgIpc) is 2.45. The van der Waals surface area contributed by atoms with E-state index < -0.39 is 0 Å². The van der Waals surface area contributed by atoms with Crippen molar-refractivity contribution in [1.29, 1.82) is 0 Å². The molecule has 0 N–H and O–H groups in total. The Morgan fingerprint density at radius 3 is 2.67 bits per heavy atom. The highest BCUT2D eigenvalue weighted by Crippen LogP contribution is 2.21. The molecule has 1 aromatic carbocycles. The molecule has 1 saturated heterocycles. The van der Waals surface area contributed by atoms with Gasteiger partial charge in [0.25, 0.3) is 0 Å². The van der Waals surface area contributed by atoms with Gasteiger partial charge in [-0.1, -0.05) is 25.1 Å². The summed E-state index contributed by atoms with van der Waals surface area (Å²) in [6.07, 6.45) is 2.23. The van der Waals surface area contributed by atoms with E-state index in [1.165, 1.54) is 13.3 Å². The lowest BCUT2D eigenvalue weighted by atomic mass is 10.0. The molecule has 114 valence electrons.